The van der Waals surface area contributed by atoms with Crippen LogP contribution in [-0.2, 0) is 0 Å². The lowest BCUT2D eigenvalue weighted by Gasteiger charge is -2.18. The Hall–Kier alpha value is -1.11. The normalized spacial score (nSPS) is 15.5. The molecule has 2 aromatic rings. The van der Waals surface area contributed by atoms with Crippen LogP contribution < -0.4 is 5.32 Å². The summed E-state index contributed by atoms with van der Waals surface area (Å²) in [5.74, 6) is 0. The number of aliphatic hydroxyl groups excluding tert-OH is 1. The third kappa shape index (κ3) is 3.13. The van der Waals surface area contributed by atoms with E-state index in [0.717, 1.165) is 20.5 Å². The number of benzene rings is 1. The summed E-state index contributed by atoms with van der Waals surface area (Å²) in [5, 5.41) is 12.9. The summed E-state index contributed by atoms with van der Waals surface area (Å²) in [7, 11) is 0. The molecule has 0 spiro atoms. The summed E-state index contributed by atoms with van der Waals surface area (Å²) in [5.41, 5.74) is 1.08. The van der Waals surface area contributed by atoms with Crippen molar-refractivity contribution in [1.29, 1.82) is 0 Å². The van der Waals surface area contributed by atoms with Crippen molar-refractivity contribution in [2.24, 2.45) is 0 Å². The highest BCUT2D eigenvalue weighted by atomic mass is 32.1. The molecule has 0 aliphatic heterocycles. The number of alkyl halides is 3. The van der Waals surface area contributed by atoms with Gasteiger partial charge in [0.15, 0.2) is 6.10 Å². The van der Waals surface area contributed by atoms with Crippen molar-refractivity contribution in [1.82, 2.24) is 5.32 Å². The molecular weight excluding hydrogens is 287 g/mol. The molecule has 2 unspecified atom stereocenters. The Bertz CT molecular complexity index is 594. The average Bonchev–Trinajstić information content (AvgIpc) is 2.72. The van der Waals surface area contributed by atoms with Gasteiger partial charge in [0.2, 0.25) is 0 Å². The summed E-state index contributed by atoms with van der Waals surface area (Å²) in [4.78, 5) is 1.00. The molecule has 0 bridgehead atoms. The summed E-state index contributed by atoms with van der Waals surface area (Å²) < 4.78 is 37.9. The quantitative estimate of drug-likeness (QED) is 0.901. The third-order valence-electron chi connectivity index (χ3n) is 3.27. The standard InChI is InChI=1S/C14H16F3NOS/c1-8-10-5-3-4-6-11(10)20-13(8)9(2)18-7-12(19)14(15,16)17/h3-6,9,12,18-19H,7H2,1-2H3. The zero-order chi connectivity index (χ0) is 14.9. The van der Waals surface area contributed by atoms with Crippen molar-refractivity contribution >= 4 is 21.4 Å². The maximum atomic E-state index is 12.3. The van der Waals surface area contributed by atoms with Gasteiger partial charge in [0.05, 0.1) is 0 Å². The van der Waals surface area contributed by atoms with Crippen LogP contribution >= 0.6 is 11.3 Å². The van der Waals surface area contributed by atoms with Crippen molar-refractivity contribution in [3.05, 3.63) is 34.7 Å². The van der Waals surface area contributed by atoms with Crippen LogP contribution in [0.3, 0.4) is 0 Å². The van der Waals surface area contributed by atoms with E-state index in [1.54, 1.807) is 18.3 Å². The third-order valence-corrected chi connectivity index (χ3v) is 4.72. The van der Waals surface area contributed by atoms with Gasteiger partial charge in [-0.25, -0.2) is 0 Å². The first-order valence-corrected chi connectivity index (χ1v) is 7.08. The number of rotatable bonds is 4. The lowest BCUT2D eigenvalue weighted by Crippen LogP contribution is -2.39. The summed E-state index contributed by atoms with van der Waals surface area (Å²) >= 11 is 1.57. The molecule has 2 nitrogen and oxygen atoms in total. The van der Waals surface area contributed by atoms with Crippen LogP contribution in [-0.4, -0.2) is 23.9 Å². The molecule has 2 N–H and O–H groups in total. The molecule has 1 aromatic heterocycles. The predicted octanol–water partition coefficient (Wildman–Crippen LogP) is 3.78. The summed E-state index contributed by atoms with van der Waals surface area (Å²) in [6.45, 7) is 3.27. The van der Waals surface area contributed by atoms with Crippen molar-refractivity contribution in [2.45, 2.75) is 32.2 Å². The Labute approximate surface area is 119 Å². The van der Waals surface area contributed by atoms with Gasteiger partial charge in [0.1, 0.15) is 0 Å². The fourth-order valence-electron chi connectivity index (χ4n) is 2.10. The highest BCUT2D eigenvalue weighted by Crippen LogP contribution is 2.34. The second kappa shape index (κ2) is 5.71. The number of hydrogen-bond donors (Lipinski definition) is 2. The number of fused-ring (bicyclic) bond motifs is 1. The minimum absolute atomic E-state index is 0.232. The Balaban J connectivity index is 2.12. The first-order chi connectivity index (χ1) is 9.30. The Kier molecular flexibility index (Phi) is 4.36. The summed E-state index contributed by atoms with van der Waals surface area (Å²) in [6, 6.07) is 7.64. The smallest absolute Gasteiger partial charge is 0.382 e. The predicted molar refractivity (Wildman–Crippen MR) is 75.0 cm³/mol. The van der Waals surface area contributed by atoms with E-state index in [1.807, 2.05) is 31.2 Å². The van der Waals surface area contributed by atoms with Crippen LogP contribution in [0.4, 0.5) is 13.2 Å². The SMILES string of the molecule is Cc1c(C(C)NCC(O)C(F)(F)F)sc2ccccc12. The van der Waals surface area contributed by atoms with Crippen molar-refractivity contribution in [2.75, 3.05) is 6.54 Å². The molecule has 0 fully saturated rings. The van der Waals surface area contributed by atoms with E-state index in [0.29, 0.717) is 0 Å². The van der Waals surface area contributed by atoms with E-state index in [1.165, 1.54) is 0 Å². The zero-order valence-electron chi connectivity index (χ0n) is 11.2. The number of aliphatic hydroxyl groups is 1. The van der Waals surface area contributed by atoms with Gasteiger partial charge in [-0.15, -0.1) is 11.3 Å². The van der Waals surface area contributed by atoms with Crippen LogP contribution in [0.1, 0.15) is 23.4 Å². The lowest BCUT2D eigenvalue weighted by molar-refractivity contribution is -0.202. The summed E-state index contributed by atoms with van der Waals surface area (Å²) in [6.07, 6.45) is -6.92. The first-order valence-electron chi connectivity index (χ1n) is 6.27. The van der Waals surface area contributed by atoms with E-state index < -0.39 is 18.8 Å². The Morgan fingerprint density at radius 2 is 1.95 bits per heavy atom. The van der Waals surface area contributed by atoms with Crippen LogP contribution in [0.25, 0.3) is 10.1 Å². The fraction of sp³-hybridized carbons (Fsp3) is 0.429. The number of halogens is 3. The van der Waals surface area contributed by atoms with E-state index in [4.69, 9.17) is 5.11 Å². The van der Waals surface area contributed by atoms with Gasteiger partial charge in [0, 0.05) is 22.2 Å². The van der Waals surface area contributed by atoms with Gasteiger partial charge in [-0.1, -0.05) is 18.2 Å². The van der Waals surface area contributed by atoms with Gasteiger partial charge in [-0.3, -0.25) is 0 Å². The van der Waals surface area contributed by atoms with Crippen LogP contribution in [0.2, 0.25) is 0 Å². The second-order valence-electron chi connectivity index (χ2n) is 4.77. The molecule has 20 heavy (non-hydrogen) atoms. The van der Waals surface area contributed by atoms with Gasteiger partial charge < -0.3 is 10.4 Å². The molecule has 0 saturated heterocycles. The first kappa shape index (κ1) is 15.3. The molecule has 0 amide bonds. The molecule has 2 rings (SSSR count). The maximum absolute atomic E-state index is 12.3. The maximum Gasteiger partial charge on any atom is 0.415 e. The van der Waals surface area contributed by atoms with Gasteiger partial charge in [0.25, 0.3) is 0 Å². The van der Waals surface area contributed by atoms with Crippen molar-refractivity contribution in [3.8, 4) is 0 Å². The van der Waals surface area contributed by atoms with E-state index in [9.17, 15) is 13.2 Å². The Morgan fingerprint density at radius 3 is 2.55 bits per heavy atom. The van der Waals surface area contributed by atoms with Crippen molar-refractivity contribution in [3.63, 3.8) is 0 Å². The molecule has 0 radical (unpaired) electrons. The number of thiophene rings is 1. The number of nitrogens with one attached hydrogen (secondary N) is 1. The molecule has 1 heterocycles. The highest BCUT2D eigenvalue weighted by molar-refractivity contribution is 7.19. The molecule has 0 aliphatic carbocycles. The van der Waals surface area contributed by atoms with E-state index >= 15 is 0 Å². The minimum atomic E-state index is -4.58. The fourth-order valence-corrected chi connectivity index (χ4v) is 3.34. The molecule has 2 atom stereocenters. The van der Waals surface area contributed by atoms with Gasteiger partial charge in [-0.2, -0.15) is 13.2 Å². The number of aryl methyl sites for hydroxylation is 1. The molecule has 6 heteroatoms. The molecular formula is C14H16F3NOS. The topological polar surface area (TPSA) is 32.3 Å². The average molecular weight is 303 g/mol. The number of hydrogen-bond acceptors (Lipinski definition) is 3. The van der Waals surface area contributed by atoms with Gasteiger partial charge >= 0.3 is 6.18 Å². The minimum Gasteiger partial charge on any atom is -0.382 e. The molecule has 1 aromatic carbocycles. The van der Waals surface area contributed by atoms with Crippen LogP contribution in [0, 0.1) is 6.92 Å². The molecule has 110 valence electrons. The Morgan fingerprint density at radius 1 is 1.30 bits per heavy atom. The largest absolute Gasteiger partial charge is 0.415 e. The molecule has 0 saturated carbocycles. The van der Waals surface area contributed by atoms with Crippen LogP contribution in [0.15, 0.2) is 24.3 Å². The van der Waals surface area contributed by atoms with Gasteiger partial charge in [-0.05, 0) is 30.9 Å². The monoisotopic (exact) mass is 303 g/mol. The van der Waals surface area contributed by atoms with Crippen molar-refractivity contribution < 1.29 is 18.3 Å². The molecule has 0 aliphatic rings. The van der Waals surface area contributed by atoms with Crippen LogP contribution in [0.5, 0.6) is 0 Å². The zero-order valence-corrected chi connectivity index (χ0v) is 12.0. The van der Waals surface area contributed by atoms with E-state index in [2.05, 4.69) is 5.32 Å². The second-order valence-corrected chi connectivity index (χ2v) is 5.86. The highest BCUT2D eigenvalue weighted by Gasteiger charge is 2.38. The van der Waals surface area contributed by atoms with E-state index in [-0.39, 0.29) is 6.04 Å². The lowest BCUT2D eigenvalue weighted by atomic mass is 10.1.